The number of aryl methyl sites for hydroxylation is 1. The predicted molar refractivity (Wildman–Crippen MR) is 92.4 cm³/mol. The van der Waals surface area contributed by atoms with Gasteiger partial charge >= 0.3 is 0 Å². The summed E-state index contributed by atoms with van der Waals surface area (Å²) in [4.78, 5) is 0. The van der Waals surface area contributed by atoms with Gasteiger partial charge in [0.2, 0.25) is 0 Å². The number of hydrogen-bond acceptors (Lipinski definition) is 2. The first kappa shape index (κ1) is 12.8. The molecule has 0 saturated heterocycles. The minimum Gasteiger partial charge on any atom is -0.507 e. The van der Waals surface area contributed by atoms with Crippen LogP contribution in [0.15, 0.2) is 35.9 Å². The van der Waals surface area contributed by atoms with Gasteiger partial charge in [-0.15, -0.1) is 0 Å². The molecule has 0 heterocycles. The number of unbranched alkanes of at least 4 members (excludes halogenated alkanes) is 1. The SMILES string of the molecule is [2H]C([2H])([2H])C1=CC(c2c(O)cc(CCCC)cc2O)C(C(=C)C)CC1. The van der Waals surface area contributed by atoms with Crippen LogP contribution in [-0.4, -0.2) is 10.2 Å². The standard InChI is InChI=1S/C20H28O2/c1-5-6-7-15-11-18(21)20(19(22)12-15)17-10-14(4)8-9-16(17)13(2)3/h10-12,16-17,21-22H,2,5-9H2,1,3-4H3/i4D3. The summed E-state index contributed by atoms with van der Waals surface area (Å²) in [5.41, 5.74) is 2.63. The zero-order valence-electron chi connectivity index (χ0n) is 16.5. The average molecular weight is 303 g/mol. The maximum atomic E-state index is 10.6. The molecule has 2 N–H and O–H groups in total. The minimum atomic E-state index is -2.15. The van der Waals surface area contributed by atoms with Crippen molar-refractivity contribution < 1.29 is 14.3 Å². The molecule has 1 aliphatic carbocycles. The molecule has 22 heavy (non-hydrogen) atoms. The molecule has 0 aromatic heterocycles. The van der Waals surface area contributed by atoms with Gasteiger partial charge in [0.05, 0.1) is 0 Å². The fourth-order valence-corrected chi connectivity index (χ4v) is 3.29. The highest BCUT2D eigenvalue weighted by Gasteiger charge is 2.29. The second-order valence-electron chi connectivity index (χ2n) is 6.36. The van der Waals surface area contributed by atoms with E-state index in [1.165, 1.54) is 0 Å². The molecule has 2 rings (SSSR count). The smallest absolute Gasteiger partial charge is 0.123 e. The van der Waals surface area contributed by atoms with E-state index in [4.69, 9.17) is 4.11 Å². The van der Waals surface area contributed by atoms with Crippen molar-refractivity contribution in [3.05, 3.63) is 47.1 Å². The van der Waals surface area contributed by atoms with Crippen LogP contribution in [0.1, 0.15) is 67.5 Å². The zero-order valence-corrected chi connectivity index (χ0v) is 13.5. The van der Waals surface area contributed by atoms with E-state index >= 15 is 0 Å². The fourth-order valence-electron chi connectivity index (χ4n) is 3.29. The van der Waals surface area contributed by atoms with Crippen molar-refractivity contribution in [1.82, 2.24) is 0 Å². The van der Waals surface area contributed by atoms with Gasteiger partial charge in [0.25, 0.3) is 0 Å². The average Bonchev–Trinajstić information content (AvgIpc) is 2.51. The van der Waals surface area contributed by atoms with E-state index in [1.54, 1.807) is 18.2 Å². The maximum absolute atomic E-state index is 10.6. The third-order valence-corrected chi connectivity index (χ3v) is 4.52. The molecule has 0 saturated carbocycles. The Bertz CT molecular complexity index is 651. The first-order valence-corrected chi connectivity index (χ1v) is 8.06. The number of phenols is 2. The number of phenolic OH excluding ortho intramolecular Hbond substituents is 2. The van der Waals surface area contributed by atoms with E-state index < -0.39 is 6.85 Å². The quantitative estimate of drug-likeness (QED) is 0.709. The Balaban J connectivity index is 2.49. The van der Waals surface area contributed by atoms with Gasteiger partial charge in [0, 0.05) is 15.6 Å². The number of allylic oxidation sites excluding steroid dienone is 3. The van der Waals surface area contributed by atoms with Crippen LogP contribution in [-0.2, 0) is 6.42 Å². The lowest BCUT2D eigenvalue weighted by Gasteiger charge is -2.31. The van der Waals surface area contributed by atoms with Crippen LogP contribution in [0.25, 0.3) is 0 Å². The molecular formula is C20H28O2. The number of aromatic hydroxyl groups is 2. The summed E-state index contributed by atoms with van der Waals surface area (Å²) in [6.07, 6.45) is 5.66. The second-order valence-corrected chi connectivity index (χ2v) is 6.36. The summed E-state index contributed by atoms with van der Waals surface area (Å²) >= 11 is 0. The van der Waals surface area contributed by atoms with E-state index in [0.717, 1.165) is 30.4 Å². The molecule has 0 fully saturated rings. The lowest BCUT2D eigenvalue weighted by Crippen LogP contribution is -2.17. The highest BCUT2D eigenvalue weighted by Crippen LogP contribution is 2.46. The normalized spacial score (nSPS) is 24.1. The summed E-state index contributed by atoms with van der Waals surface area (Å²) in [7, 11) is 0. The molecule has 0 aliphatic heterocycles. The topological polar surface area (TPSA) is 40.5 Å². The molecule has 2 heteroatoms. The van der Waals surface area contributed by atoms with Gasteiger partial charge in [-0.1, -0.05) is 37.1 Å². The van der Waals surface area contributed by atoms with Crippen molar-refractivity contribution in [2.24, 2.45) is 5.92 Å². The minimum absolute atomic E-state index is 0.00407. The first-order valence-electron chi connectivity index (χ1n) is 9.56. The van der Waals surface area contributed by atoms with Crippen LogP contribution in [0.3, 0.4) is 0 Å². The summed E-state index contributed by atoms with van der Waals surface area (Å²) in [6, 6.07) is 3.38. The van der Waals surface area contributed by atoms with Gasteiger partial charge in [0.15, 0.2) is 0 Å². The Morgan fingerprint density at radius 2 is 2.05 bits per heavy atom. The van der Waals surface area contributed by atoms with Gasteiger partial charge in [-0.05, 0) is 63.1 Å². The third-order valence-electron chi connectivity index (χ3n) is 4.52. The summed E-state index contributed by atoms with van der Waals surface area (Å²) in [6.45, 7) is 5.88. The van der Waals surface area contributed by atoms with Crippen LogP contribution in [0.4, 0.5) is 0 Å². The van der Waals surface area contributed by atoms with E-state index in [2.05, 4.69) is 13.5 Å². The largest absolute Gasteiger partial charge is 0.507 e. The van der Waals surface area contributed by atoms with Crippen LogP contribution in [0.5, 0.6) is 11.5 Å². The molecule has 2 unspecified atom stereocenters. The monoisotopic (exact) mass is 303 g/mol. The lowest BCUT2D eigenvalue weighted by molar-refractivity contribution is 0.406. The predicted octanol–water partition coefficient (Wildman–Crippen LogP) is 5.46. The number of hydrogen-bond donors (Lipinski definition) is 2. The van der Waals surface area contributed by atoms with Gasteiger partial charge < -0.3 is 10.2 Å². The van der Waals surface area contributed by atoms with E-state index in [-0.39, 0.29) is 23.3 Å². The molecule has 2 nitrogen and oxygen atoms in total. The first-order chi connectivity index (χ1) is 11.6. The fraction of sp³-hybridized carbons (Fsp3) is 0.500. The van der Waals surface area contributed by atoms with Gasteiger partial charge in [-0.2, -0.15) is 0 Å². The van der Waals surface area contributed by atoms with Crippen molar-refractivity contribution >= 4 is 0 Å². The molecule has 0 spiro atoms. The van der Waals surface area contributed by atoms with Crippen molar-refractivity contribution in [2.45, 2.75) is 58.7 Å². The Hall–Kier alpha value is -1.70. The molecule has 0 bridgehead atoms. The van der Waals surface area contributed by atoms with Crippen LogP contribution >= 0.6 is 0 Å². The third kappa shape index (κ3) is 3.55. The molecule has 1 aromatic carbocycles. The number of rotatable bonds is 5. The Morgan fingerprint density at radius 3 is 2.59 bits per heavy atom. The molecule has 0 amide bonds. The molecule has 1 aromatic rings. The summed E-state index contributed by atoms with van der Waals surface area (Å²) in [5, 5.41) is 21.1. The van der Waals surface area contributed by atoms with Crippen molar-refractivity contribution in [3.8, 4) is 11.5 Å². The maximum Gasteiger partial charge on any atom is 0.123 e. The molecule has 120 valence electrons. The van der Waals surface area contributed by atoms with Crippen LogP contribution < -0.4 is 0 Å². The summed E-state index contributed by atoms with van der Waals surface area (Å²) in [5.74, 6) is -0.304. The van der Waals surface area contributed by atoms with E-state index in [9.17, 15) is 10.2 Å². The Kier molecular flexibility index (Phi) is 4.10. The highest BCUT2D eigenvalue weighted by molar-refractivity contribution is 5.51. The zero-order chi connectivity index (χ0) is 18.8. The van der Waals surface area contributed by atoms with Gasteiger partial charge in [-0.3, -0.25) is 0 Å². The van der Waals surface area contributed by atoms with Crippen molar-refractivity contribution in [2.75, 3.05) is 0 Å². The van der Waals surface area contributed by atoms with Crippen LogP contribution in [0, 0.1) is 5.92 Å². The molecule has 0 radical (unpaired) electrons. The van der Waals surface area contributed by atoms with Gasteiger partial charge in [0.1, 0.15) is 11.5 Å². The Morgan fingerprint density at radius 1 is 1.36 bits per heavy atom. The van der Waals surface area contributed by atoms with Crippen molar-refractivity contribution in [1.29, 1.82) is 0 Å². The van der Waals surface area contributed by atoms with E-state index in [0.29, 0.717) is 24.0 Å². The van der Waals surface area contributed by atoms with Crippen LogP contribution in [0.2, 0.25) is 0 Å². The summed E-state index contributed by atoms with van der Waals surface area (Å²) < 4.78 is 23.1. The number of benzene rings is 1. The highest BCUT2D eigenvalue weighted by atomic mass is 16.3. The molecule has 2 atom stereocenters. The Labute approximate surface area is 138 Å². The van der Waals surface area contributed by atoms with Crippen molar-refractivity contribution in [3.63, 3.8) is 0 Å². The second kappa shape index (κ2) is 7.04. The molecular weight excluding hydrogens is 272 g/mol. The lowest BCUT2D eigenvalue weighted by atomic mass is 9.73. The van der Waals surface area contributed by atoms with Gasteiger partial charge in [-0.25, -0.2) is 0 Å². The van der Waals surface area contributed by atoms with E-state index in [1.807, 2.05) is 6.92 Å². The molecule has 1 aliphatic rings.